The molecule has 2 rings (SSSR count). The van der Waals surface area contributed by atoms with Gasteiger partial charge in [0.2, 0.25) is 0 Å². The van der Waals surface area contributed by atoms with Crippen LogP contribution in [0, 0.1) is 5.92 Å². The summed E-state index contributed by atoms with van der Waals surface area (Å²) in [6.07, 6.45) is 0. The number of hydrogen-bond acceptors (Lipinski definition) is 4. The van der Waals surface area contributed by atoms with Gasteiger partial charge in [-0.15, -0.1) is 0 Å². The third-order valence-corrected chi connectivity index (χ3v) is 3.93. The number of amides is 1. The van der Waals surface area contributed by atoms with E-state index in [0.717, 1.165) is 22.8 Å². The quantitative estimate of drug-likeness (QED) is 0.564. The number of rotatable bonds is 8. The van der Waals surface area contributed by atoms with Crippen molar-refractivity contribution in [2.24, 2.45) is 11.0 Å². The number of hydrazone groups is 1. The molecule has 0 fully saturated rings. The molecule has 0 atom stereocenters. The summed E-state index contributed by atoms with van der Waals surface area (Å²) in [7, 11) is 0. The first-order chi connectivity index (χ1) is 12.5. The number of carbonyl (C=O) groups is 1. The third kappa shape index (κ3) is 5.92. The highest BCUT2D eigenvalue weighted by Gasteiger charge is 2.06. The van der Waals surface area contributed by atoms with Crippen LogP contribution in [0.3, 0.4) is 0 Å². The van der Waals surface area contributed by atoms with E-state index < -0.39 is 0 Å². The summed E-state index contributed by atoms with van der Waals surface area (Å²) >= 11 is 0. The van der Waals surface area contributed by atoms with Crippen LogP contribution in [0.4, 0.5) is 0 Å². The van der Waals surface area contributed by atoms with Gasteiger partial charge in [-0.05, 0) is 61.7 Å². The van der Waals surface area contributed by atoms with Gasteiger partial charge in [-0.1, -0.05) is 26.0 Å². The first kappa shape index (κ1) is 19.5. The van der Waals surface area contributed by atoms with E-state index in [1.165, 1.54) is 0 Å². The Kier molecular flexibility index (Phi) is 7.21. The standard InChI is InChI=1S/C21H26N2O3/c1-5-25-19-10-12-20(13-11-19)26-14-17-6-8-18(9-7-17)21(24)23-22-16(4)15(2)3/h6-13,15H,5,14H2,1-4H3,(H,23,24)/b22-16-. The predicted molar refractivity (Wildman–Crippen MR) is 104 cm³/mol. The average molecular weight is 354 g/mol. The van der Waals surface area contributed by atoms with E-state index in [1.807, 2.05) is 64.1 Å². The molecule has 0 aliphatic rings. The van der Waals surface area contributed by atoms with Gasteiger partial charge in [0.05, 0.1) is 6.61 Å². The zero-order valence-corrected chi connectivity index (χ0v) is 15.8. The van der Waals surface area contributed by atoms with Crippen molar-refractivity contribution < 1.29 is 14.3 Å². The van der Waals surface area contributed by atoms with Gasteiger partial charge in [0.15, 0.2) is 0 Å². The van der Waals surface area contributed by atoms with Gasteiger partial charge in [-0.25, -0.2) is 5.43 Å². The summed E-state index contributed by atoms with van der Waals surface area (Å²) in [6.45, 7) is 8.98. The number of hydrogen-bond donors (Lipinski definition) is 1. The maximum Gasteiger partial charge on any atom is 0.271 e. The highest BCUT2D eigenvalue weighted by atomic mass is 16.5. The molecule has 0 saturated carbocycles. The number of nitrogens with one attached hydrogen (secondary N) is 1. The van der Waals surface area contributed by atoms with Gasteiger partial charge in [0.25, 0.3) is 5.91 Å². The van der Waals surface area contributed by atoms with Crippen LogP contribution < -0.4 is 14.9 Å². The maximum absolute atomic E-state index is 12.1. The Balaban J connectivity index is 1.88. The Labute approximate surface area is 155 Å². The minimum atomic E-state index is -0.219. The van der Waals surface area contributed by atoms with Crippen molar-refractivity contribution in [3.63, 3.8) is 0 Å². The van der Waals surface area contributed by atoms with E-state index >= 15 is 0 Å². The van der Waals surface area contributed by atoms with Crippen molar-refractivity contribution in [2.45, 2.75) is 34.3 Å². The van der Waals surface area contributed by atoms with Gasteiger partial charge < -0.3 is 9.47 Å². The predicted octanol–water partition coefficient (Wildman–Crippen LogP) is 4.43. The molecule has 1 amide bonds. The molecule has 1 N–H and O–H groups in total. The lowest BCUT2D eigenvalue weighted by atomic mass is 10.1. The van der Waals surface area contributed by atoms with Crippen molar-refractivity contribution in [3.05, 3.63) is 59.7 Å². The van der Waals surface area contributed by atoms with Crippen molar-refractivity contribution in [3.8, 4) is 11.5 Å². The molecule has 0 spiro atoms. The molecular weight excluding hydrogens is 328 g/mol. The molecule has 0 aliphatic carbocycles. The minimum Gasteiger partial charge on any atom is -0.494 e. The maximum atomic E-state index is 12.1. The molecule has 5 heteroatoms. The molecular formula is C21H26N2O3. The second kappa shape index (κ2) is 9.61. The van der Waals surface area contributed by atoms with Gasteiger partial charge in [0, 0.05) is 11.3 Å². The SMILES string of the molecule is CCOc1ccc(OCc2ccc(C(=O)N/N=C(/C)C(C)C)cc2)cc1. The van der Waals surface area contributed by atoms with Crippen molar-refractivity contribution in [1.82, 2.24) is 5.43 Å². The zero-order valence-electron chi connectivity index (χ0n) is 15.8. The number of ether oxygens (including phenoxy) is 2. The highest BCUT2D eigenvalue weighted by molar-refractivity contribution is 5.95. The molecule has 0 saturated heterocycles. The molecule has 0 aliphatic heterocycles. The molecule has 0 unspecified atom stereocenters. The van der Waals surface area contributed by atoms with Crippen LogP contribution in [0.1, 0.15) is 43.6 Å². The fraction of sp³-hybridized carbons (Fsp3) is 0.333. The molecule has 2 aromatic carbocycles. The zero-order chi connectivity index (χ0) is 18.9. The Morgan fingerprint density at radius 2 is 1.58 bits per heavy atom. The Hall–Kier alpha value is -2.82. The monoisotopic (exact) mass is 354 g/mol. The van der Waals surface area contributed by atoms with E-state index in [2.05, 4.69) is 10.5 Å². The molecule has 138 valence electrons. The van der Waals surface area contributed by atoms with E-state index in [9.17, 15) is 4.79 Å². The van der Waals surface area contributed by atoms with E-state index in [-0.39, 0.29) is 5.91 Å². The third-order valence-electron chi connectivity index (χ3n) is 3.93. The van der Waals surface area contributed by atoms with Gasteiger partial charge >= 0.3 is 0 Å². The lowest BCUT2D eigenvalue weighted by molar-refractivity contribution is 0.0954. The normalized spacial score (nSPS) is 11.3. The first-order valence-electron chi connectivity index (χ1n) is 8.78. The summed E-state index contributed by atoms with van der Waals surface area (Å²) in [6, 6.07) is 14.8. The van der Waals surface area contributed by atoms with Crippen molar-refractivity contribution in [2.75, 3.05) is 6.61 Å². The van der Waals surface area contributed by atoms with Crippen molar-refractivity contribution in [1.29, 1.82) is 0 Å². The fourth-order valence-electron chi connectivity index (χ4n) is 2.05. The number of carbonyl (C=O) groups excluding carboxylic acids is 1. The number of nitrogens with zero attached hydrogens (tertiary/aromatic N) is 1. The molecule has 5 nitrogen and oxygen atoms in total. The van der Waals surface area contributed by atoms with Crippen molar-refractivity contribution >= 4 is 11.6 Å². The molecule has 26 heavy (non-hydrogen) atoms. The van der Waals surface area contributed by atoms with Crippen LogP contribution in [0.2, 0.25) is 0 Å². The van der Waals surface area contributed by atoms with Crippen LogP contribution in [-0.2, 0) is 6.61 Å². The van der Waals surface area contributed by atoms with Crippen LogP contribution in [-0.4, -0.2) is 18.2 Å². The topological polar surface area (TPSA) is 59.9 Å². The average Bonchev–Trinajstić information content (AvgIpc) is 2.65. The molecule has 2 aromatic rings. The first-order valence-corrected chi connectivity index (χ1v) is 8.78. The Morgan fingerprint density at radius 1 is 1.00 bits per heavy atom. The Morgan fingerprint density at radius 3 is 2.12 bits per heavy atom. The lowest BCUT2D eigenvalue weighted by Crippen LogP contribution is -2.20. The van der Waals surface area contributed by atoms with Crippen LogP contribution >= 0.6 is 0 Å². The van der Waals surface area contributed by atoms with Gasteiger partial charge in [0.1, 0.15) is 18.1 Å². The van der Waals surface area contributed by atoms with Crippen LogP contribution in [0.25, 0.3) is 0 Å². The smallest absolute Gasteiger partial charge is 0.271 e. The summed E-state index contributed by atoms with van der Waals surface area (Å²) in [5.74, 6) is 1.68. The minimum absolute atomic E-state index is 0.219. The fourth-order valence-corrected chi connectivity index (χ4v) is 2.05. The highest BCUT2D eigenvalue weighted by Crippen LogP contribution is 2.18. The second-order valence-corrected chi connectivity index (χ2v) is 6.24. The van der Waals surface area contributed by atoms with E-state index in [1.54, 1.807) is 12.1 Å². The van der Waals surface area contributed by atoms with Crippen LogP contribution in [0.5, 0.6) is 11.5 Å². The summed E-state index contributed by atoms with van der Waals surface area (Å²) in [4.78, 5) is 12.1. The Bertz CT molecular complexity index is 735. The molecule has 0 bridgehead atoms. The molecule has 0 radical (unpaired) electrons. The lowest BCUT2D eigenvalue weighted by Gasteiger charge is -2.09. The second-order valence-electron chi connectivity index (χ2n) is 6.24. The summed E-state index contributed by atoms with van der Waals surface area (Å²) in [5.41, 5.74) is 5.02. The number of benzene rings is 2. The van der Waals surface area contributed by atoms with Gasteiger partial charge in [-0.2, -0.15) is 5.10 Å². The molecule has 0 heterocycles. The van der Waals surface area contributed by atoms with Gasteiger partial charge in [-0.3, -0.25) is 4.79 Å². The summed E-state index contributed by atoms with van der Waals surface area (Å²) in [5, 5.41) is 4.10. The van der Waals surface area contributed by atoms with Crippen LogP contribution in [0.15, 0.2) is 53.6 Å². The van der Waals surface area contributed by atoms with E-state index in [0.29, 0.717) is 24.7 Å². The largest absolute Gasteiger partial charge is 0.494 e. The molecule has 0 aromatic heterocycles. The van der Waals surface area contributed by atoms with E-state index in [4.69, 9.17) is 9.47 Å². The summed E-state index contributed by atoms with van der Waals surface area (Å²) < 4.78 is 11.2.